The number of hydrogen-bond acceptors (Lipinski definition) is 4. The molecule has 19 heavy (non-hydrogen) atoms. The highest BCUT2D eigenvalue weighted by Gasteiger charge is 2.22. The molecule has 2 rings (SSSR count). The minimum absolute atomic E-state index is 0.0924. The number of nitrogens with one attached hydrogen (secondary N) is 2. The number of carbonyl (C=O) groups excluding carboxylic acids is 1. The van der Waals surface area contributed by atoms with E-state index >= 15 is 0 Å². The van der Waals surface area contributed by atoms with Crippen molar-refractivity contribution in [3.8, 4) is 0 Å². The summed E-state index contributed by atoms with van der Waals surface area (Å²) in [5.41, 5.74) is 1.05. The molecule has 1 aromatic carbocycles. The molecule has 1 fully saturated rings. The van der Waals surface area contributed by atoms with Gasteiger partial charge in [-0.2, -0.15) is 0 Å². The van der Waals surface area contributed by atoms with Gasteiger partial charge in [-0.25, -0.2) is 0 Å². The van der Waals surface area contributed by atoms with Crippen LogP contribution in [0.25, 0.3) is 0 Å². The smallest absolute Gasteiger partial charge is 0.250 e. The number of carbonyl (C=O) groups is 1. The van der Waals surface area contributed by atoms with Gasteiger partial charge in [0.15, 0.2) is 0 Å². The minimum Gasteiger partial charge on any atom is -0.375 e. The molecule has 2 unspecified atom stereocenters. The van der Waals surface area contributed by atoms with Crippen molar-refractivity contribution in [2.75, 3.05) is 33.4 Å². The lowest BCUT2D eigenvalue weighted by atomic mass is 10.1. The Morgan fingerprint density at radius 3 is 2.95 bits per heavy atom. The molecule has 0 aromatic heterocycles. The van der Waals surface area contributed by atoms with Gasteiger partial charge in [0.05, 0.1) is 12.7 Å². The molecule has 2 N–H and O–H groups in total. The molecule has 2 atom stereocenters. The molecule has 5 nitrogen and oxygen atoms in total. The summed E-state index contributed by atoms with van der Waals surface area (Å²) in [4.78, 5) is 11.9. The summed E-state index contributed by atoms with van der Waals surface area (Å²) < 4.78 is 10.8. The first-order chi connectivity index (χ1) is 9.31. The number of ether oxygens (including phenoxy) is 2. The lowest BCUT2D eigenvalue weighted by Gasteiger charge is -2.24. The van der Waals surface area contributed by atoms with Gasteiger partial charge in [-0.05, 0) is 5.56 Å². The van der Waals surface area contributed by atoms with Crippen LogP contribution < -0.4 is 10.6 Å². The van der Waals surface area contributed by atoms with Crippen LogP contribution in [0.1, 0.15) is 11.7 Å². The van der Waals surface area contributed by atoms with E-state index < -0.39 is 6.10 Å². The third-order valence-corrected chi connectivity index (χ3v) is 3.14. The molecule has 0 aliphatic carbocycles. The van der Waals surface area contributed by atoms with Gasteiger partial charge in [0.25, 0.3) is 5.91 Å². The molecule has 0 bridgehead atoms. The zero-order valence-electron chi connectivity index (χ0n) is 11.1. The van der Waals surface area contributed by atoms with Crippen molar-refractivity contribution in [3.05, 3.63) is 35.9 Å². The van der Waals surface area contributed by atoms with Gasteiger partial charge in [0, 0.05) is 26.7 Å². The van der Waals surface area contributed by atoms with Crippen LogP contribution in [0, 0.1) is 0 Å². The Kier molecular flexibility index (Phi) is 5.32. The molecule has 0 spiro atoms. The highest BCUT2D eigenvalue weighted by molar-refractivity contribution is 5.81. The molecule has 0 saturated carbocycles. The summed E-state index contributed by atoms with van der Waals surface area (Å²) in [5, 5.41) is 6.00. The third kappa shape index (κ3) is 4.02. The second-order valence-corrected chi connectivity index (χ2v) is 4.44. The SMILES string of the molecule is COC(CNC(=O)C1CNCCO1)c1ccccc1. The van der Waals surface area contributed by atoms with E-state index in [2.05, 4.69) is 10.6 Å². The van der Waals surface area contributed by atoms with Gasteiger partial charge in [0.1, 0.15) is 6.10 Å². The minimum atomic E-state index is -0.401. The summed E-state index contributed by atoms with van der Waals surface area (Å²) in [6.45, 7) is 2.38. The predicted octanol–water partition coefficient (Wildman–Crippen LogP) is 0.479. The zero-order valence-corrected chi connectivity index (χ0v) is 11.1. The summed E-state index contributed by atoms with van der Waals surface area (Å²) in [6, 6.07) is 9.84. The first-order valence-electron chi connectivity index (χ1n) is 6.49. The van der Waals surface area contributed by atoms with Crippen LogP contribution in [0.2, 0.25) is 0 Å². The van der Waals surface area contributed by atoms with Crippen molar-refractivity contribution in [2.24, 2.45) is 0 Å². The van der Waals surface area contributed by atoms with E-state index in [0.29, 0.717) is 19.7 Å². The summed E-state index contributed by atoms with van der Waals surface area (Å²) >= 11 is 0. The highest BCUT2D eigenvalue weighted by atomic mass is 16.5. The predicted molar refractivity (Wildman–Crippen MR) is 71.8 cm³/mol. The maximum atomic E-state index is 11.9. The summed E-state index contributed by atoms with van der Waals surface area (Å²) in [5.74, 6) is -0.0924. The van der Waals surface area contributed by atoms with Crippen molar-refractivity contribution in [1.29, 1.82) is 0 Å². The van der Waals surface area contributed by atoms with E-state index in [0.717, 1.165) is 12.1 Å². The van der Waals surface area contributed by atoms with Crippen LogP contribution >= 0.6 is 0 Å². The van der Waals surface area contributed by atoms with E-state index in [1.165, 1.54) is 0 Å². The van der Waals surface area contributed by atoms with E-state index in [-0.39, 0.29) is 12.0 Å². The van der Waals surface area contributed by atoms with Crippen molar-refractivity contribution in [1.82, 2.24) is 10.6 Å². The van der Waals surface area contributed by atoms with E-state index in [4.69, 9.17) is 9.47 Å². The largest absolute Gasteiger partial charge is 0.375 e. The molecule has 0 radical (unpaired) electrons. The quantitative estimate of drug-likeness (QED) is 0.812. The fourth-order valence-electron chi connectivity index (χ4n) is 2.05. The van der Waals surface area contributed by atoms with E-state index in [1.807, 2.05) is 30.3 Å². The zero-order chi connectivity index (χ0) is 13.5. The highest BCUT2D eigenvalue weighted by Crippen LogP contribution is 2.14. The van der Waals surface area contributed by atoms with E-state index in [1.54, 1.807) is 7.11 Å². The fourth-order valence-corrected chi connectivity index (χ4v) is 2.05. The number of morpholine rings is 1. The van der Waals surface area contributed by atoms with Crippen LogP contribution in [-0.2, 0) is 14.3 Å². The number of rotatable bonds is 5. The molecule has 1 aliphatic heterocycles. The van der Waals surface area contributed by atoms with Crippen molar-refractivity contribution in [2.45, 2.75) is 12.2 Å². The summed E-state index contributed by atoms with van der Waals surface area (Å²) in [7, 11) is 1.64. The maximum Gasteiger partial charge on any atom is 0.250 e. The number of hydrogen-bond donors (Lipinski definition) is 2. The lowest BCUT2D eigenvalue weighted by Crippen LogP contribution is -2.48. The van der Waals surface area contributed by atoms with Crippen molar-refractivity contribution in [3.63, 3.8) is 0 Å². The molecule has 1 amide bonds. The molecular formula is C14H20N2O3. The number of methoxy groups -OCH3 is 1. The van der Waals surface area contributed by atoms with Gasteiger partial charge in [-0.15, -0.1) is 0 Å². The van der Waals surface area contributed by atoms with Crippen LogP contribution in [0.5, 0.6) is 0 Å². The Bertz CT molecular complexity index is 391. The molecule has 5 heteroatoms. The molecule has 1 saturated heterocycles. The van der Waals surface area contributed by atoms with Crippen LogP contribution in [0.3, 0.4) is 0 Å². The average Bonchev–Trinajstić information content (AvgIpc) is 2.49. The first kappa shape index (κ1) is 14.0. The lowest BCUT2D eigenvalue weighted by molar-refractivity contribution is -0.134. The second-order valence-electron chi connectivity index (χ2n) is 4.44. The Morgan fingerprint density at radius 2 is 2.32 bits per heavy atom. The first-order valence-corrected chi connectivity index (χ1v) is 6.49. The Hall–Kier alpha value is -1.43. The molecule has 104 valence electrons. The number of amides is 1. The topological polar surface area (TPSA) is 59.6 Å². The molecule has 1 aliphatic rings. The Morgan fingerprint density at radius 1 is 1.53 bits per heavy atom. The van der Waals surface area contributed by atoms with Gasteiger partial charge in [-0.3, -0.25) is 4.79 Å². The van der Waals surface area contributed by atoms with Crippen LogP contribution in [0.4, 0.5) is 0 Å². The van der Waals surface area contributed by atoms with Gasteiger partial charge >= 0.3 is 0 Å². The number of benzene rings is 1. The average molecular weight is 264 g/mol. The Labute approximate surface area is 113 Å². The van der Waals surface area contributed by atoms with E-state index in [9.17, 15) is 4.79 Å². The van der Waals surface area contributed by atoms with Gasteiger partial charge in [0.2, 0.25) is 0 Å². The summed E-state index contributed by atoms with van der Waals surface area (Å²) in [6.07, 6.45) is -0.538. The van der Waals surface area contributed by atoms with Crippen molar-refractivity contribution < 1.29 is 14.3 Å². The second kappa shape index (κ2) is 7.23. The maximum absolute atomic E-state index is 11.9. The van der Waals surface area contributed by atoms with Crippen LogP contribution in [0.15, 0.2) is 30.3 Å². The fraction of sp³-hybridized carbons (Fsp3) is 0.500. The Balaban J connectivity index is 1.84. The third-order valence-electron chi connectivity index (χ3n) is 3.14. The van der Waals surface area contributed by atoms with Gasteiger partial charge in [-0.1, -0.05) is 30.3 Å². The monoisotopic (exact) mass is 264 g/mol. The standard InChI is InChI=1S/C14H20N2O3/c1-18-12(11-5-3-2-4-6-11)10-16-14(17)13-9-15-7-8-19-13/h2-6,12-13,15H,7-10H2,1H3,(H,16,17). The van der Waals surface area contributed by atoms with Gasteiger partial charge < -0.3 is 20.1 Å². The van der Waals surface area contributed by atoms with Crippen molar-refractivity contribution >= 4 is 5.91 Å². The molecule has 1 heterocycles. The van der Waals surface area contributed by atoms with Crippen LogP contribution in [-0.4, -0.2) is 45.4 Å². The normalized spacial score (nSPS) is 20.8. The molecular weight excluding hydrogens is 244 g/mol. The molecule has 1 aromatic rings.